The van der Waals surface area contributed by atoms with Crippen LogP contribution in [0.4, 0.5) is 5.69 Å². The fourth-order valence-electron chi connectivity index (χ4n) is 3.28. The topological polar surface area (TPSA) is 46.6 Å². The third-order valence-corrected chi connectivity index (χ3v) is 6.76. The Morgan fingerprint density at radius 1 is 0.953 bits per heavy atom. The van der Waals surface area contributed by atoms with Crippen molar-refractivity contribution in [3.8, 4) is 0 Å². The highest BCUT2D eigenvalue weighted by molar-refractivity contribution is 5.79. The molecule has 0 bridgehead atoms. The van der Waals surface area contributed by atoms with E-state index in [-0.39, 0.29) is 11.5 Å². The molecule has 0 aromatic heterocycles. The number of anilines is 1. The number of rotatable bonds is 11. The van der Waals surface area contributed by atoms with Gasteiger partial charge in [-0.1, -0.05) is 110 Å². The summed E-state index contributed by atoms with van der Waals surface area (Å²) in [6.45, 7) is 26.3. The van der Waals surface area contributed by atoms with E-state index in [1.54, 1.807) is 14.0 Å². The first-order valence-corrected chi connectivity index (χ1v) is 16.2. The molecule has 1 unspecified atom stereocenters. The van der Waals surface area contributed by atoms with E-state index in [9.17, 15) is 4.79 Å². The number of aldehydes is 1. The van der Waals surface area contributed by atoms with Crippen LogP contribution in [0.25, 0.3) is 5.70 Å². The fraction of sp³-hybridized carbons (Fsp3) is 0.590. The lowest BCUT2D eigenvalue weighted by Gasteiger charge is -2.24. The maximum atomic E-state index is 10.6. The Morgan fingerprint density at radius 3 is 1.88 bits per heavy atom. The quantitative estimate of drug-likeness (QED) is 0.242. The van der Waals surface area contributed by atoms with E-state index in [0.29, 0.717) is 5.78 Å². The first-order valence-electron chi connectivity index (χ1n) is 16.2. The zero-order chi connectivity index (χ0) is 33.8. The first-order chi connectivity index (χ1) is 20.2. The molecule has 2 rings (SSSR count). The third kappa shape index (κ3) is 25.5. The number of ketones is 1. The van der Waals surface area contributed by atoms with E-state index < -0.39 is 0 Å². The van der Waals surface area contributed by atoms with Crippen molar-refractivity contribution in [3.63, 3.8) is 0 Å². The summed E-state index contributed by atoms with van der Waals surface area (Å²) >= 11 is 0. The molecule has 0 aliphatic heterocycles. The van der Waals surface area contributed by atoms with Crippen LogP contribution in [-0.2, 0) is 20.7 Å². The van der Waals surface area contributed by atoms with Crippen molar-refractivity contribution in [1.82, 2.24) is 0 Å². The van der Waals surface area contributed by atoms with Gasteiger partial charge in [-0.2, -0.15) is 0 Å². The van der Waals surface area contributed by atoms with E-state index in [1.807, 2.05) is 27.7 Å². The predicted molar refractivity (Wildman–Crippen MR) is 192 cm³/mol. The number of hydrogen-bond acceptors (Lipinski definition) is 4. The van der Waals surface area contributed by atoms with Crippen LogP contribution in [-0.4, -0.2) is 31.8 Å². The van der Waals surface area contributed by atoms with Crippen LogP contribution in [0.5, 0.6) is 0 Å². The van der Waals surface area contributed by atoms with Crippen LogP contribution in [0, 0.1) is 12.8 Å². The number of benzene rings is 2. The standard InChI is InChI=1S/C20H25N.C8H16O.C5H12O.C4H10.C2H4O/c1-5-6-11-18-12-9-13-19(15-18)17(3)21(4)20-14-8-7-10-16(20)2;1-4-5-6-7(2)8(3)9;1-5(2,3)6-4;1-3-4-2;1-2-3/h7-10,12-15H,3,5-6,11H2,1-2,4H3;7H,4-6H2,1-3H3;1-4H3;3-4H2,1-2H3;2H,1H3. The lowest BCUT2D eigenvalue weighted by molar-refractivity contribution is -0.120. The van der Waals surface area contributed by atoms with Gasteiger partial charge in [-0.3, -0.25) is 4.79 Å². The molecule has 2 aromatic rings. The summed E-state index contributed by atoms with van der Waals surface area (Å²) in [5.74, 6) is 0.605. The van der Waals surface area contributed by atoms with Gasteiger partial charge in [0.25, 0.3) is 0 Å². The van der Waals surface area contributed by atoms with Gasteiger partial charge in [-0.25, -0.2) is 0 Å². The number of hydrogen-bond donors (Lipinski definition) is 0. The highest BCUT2D eigenvalue weighted by atomic mass is 16.5. The number of nitrogens with zero attached hydrogens (tertiary/aromatic N) is 1. The fourth-order valence-corrected chi connectivity index (χ4v) is 3.28. The second kappa shape index (κ2) is 28.1. The molecule has 0 fully saturated rings. The number of Topliss-reactive ketones (excluding diaryl/α,β-unsaturated/α-hetero) is 1. The molecule has 4 heteroatoms. The zero-order valence-electron chi connectivity index (χ0n) is 30.3. The molecular weight excluding hydrogens is 530 g/mol. The number of methoxy groups -OCH3 is 1. The second-order valence-electron chi connectivity index (χ2n) is 11.8. The molecule has 2 aromatic carbocycles. The summed E-state index contributed by atoms with van der Waals surface area (Å²) < 4.78 is 4.94. The third-order valence-electron chi connectivity index (χ3n) is 6.76. The molecule has 0 aliphatic rings. The van der Waals surface area contributed by atoms with Gasteiger partial charge in [-0.05, 0) is 89.6 Å². The summed E-state index contributed by atoms with van der Waals surface area (Å²) in [5.41, 5.74) is 6.16. The lowest BCUT2D eigenvalue weighted by atomic mass is 10.0. The van der Waals surface area contributed by atoms with Crippen molar-refractivity contribution in [2.45, 2.75) is 133 Å². The molecular formula is C39H67NO3. The SMILES string of the molecule is C=C(c1cccc(CCCC)c1)N(C)c1ccccc1C.CC=O.CCCC.CCCCC(C)C(C)=O.COC(C)(C)C. The normalized spacial score (nSPS) is 10.5. The van der Waals surface area contributed by atoms with Gasteiger partial charge >= 0.3 is 0 Å². The van der Waals surface area contributed by atoms with Crippen LogP contribution in [0.3, 0.4) is 0 Å². The molecule has 1 atom stereocenters. The molecule has 246 valence electrons. The van der Waals surface area contributed by atoms with Crippen LogP contribution < -0.4 is 4.90 Å². The van der Waals surface area contributed by atoms with E-state index in [4.69, 9.17) is 9.53 Å². The van der Waals surface area contributed by atoms with Crippen molar-refractivity contribution in [2.24, 2.45) is 5.92 Å². The molecule has 0 amide bonds. The molecule has 0 heterocycles. The minimum atomic E-state index is 0.0417. The smallest absolute Gasteiger partial charge is 0.132 e. The Morgan fingerprint density at radius 2 is 1.47 bits per heavy atom. The maximum Gasteiger partial charge on any atom is 0.132 e. The van der Waals surface area contributed by atoms with Crippen molar-refractivity contribution in [1.29, 1.82) is 0 Å². The second-order valence-corrected chi connectivity index (χ2v) is 11.8. The molecule has 0 saturated carbocycles. The lowest BCUT2D eigenvalue weighted by Crippen LogP contribution is -2.15. The Kier molecular flexibility index (Phi) is 29.2. The Hall–Kier alpha value is -2.72. The monoisotopic (exact) mass is 598 g/mol. The van der Waals surface area contributed by atoms with Crippen LogP contribution >= 0.6 is 0 Å². The Balaban J connectivity index is -0.000000599. The maximum absolute atomic E-state index is 10.6. The van der Waals surface area contributed by atoms with Gasteiger partial charge in [0.2, 0.25) is 0 Å². The minimum Gasteiger partial charge on any atom is -0.379 e. The summed E-state index contributed by atoms with van der Waals surface area (Å²) in [6, 6.07) is 17.2. The van der Waals surface area contributed by atoms with Crippen LogP contribution in [0.15, 0.2) is 55.1 Å². The van der Waals surface area contributed by atoms with E-state index in [0.717, 1.165) is 24.8 Å². The van der Waals surface area contributed by atoms with Gasteiger partial charge in [0.1, 0.15) is 12.1 Å². The highest BCUT2D eigenvalue weighted by Gasteiger charge is 2.10. The van der Waals surface area contributed by atoms with Crippen LogP contribution in [0.2, 0.25) is 0 Å². The Bertz CT molecular complexity index is 972. The largest absolute Gasteiger partial charge is 0.379 e. The van der Waals surface area contributed by atoms with Crippen molar-refractivity contribution in [2.75, 3.05) is 19.1 Å². The van der Waals surface area contributed by atoms with Crippen molar-refractivity contribution in [3.05, 3.63) is 71.8 Å². The van der Waals surface area contributed by atoms with Crippen molar-refractivity contribution < 1.29 is 14.3 Å². The number of ether oxygens (including phenoxy) is 1. The summed E-state index contributed by atoms with van der Waals surface area (Å²) in [6.07, 6.45) is 10.4. The number of aryl methyl sites for hydroxylation is 2. The van der Waals surface area contributed by atoms with Gasteiger partial charge in [0.05, 0.1) is 5.60 Å². The number of carbonyl (C=O) groups is 2. The molecule has 0 spiro atoms. The molecule has 43 heavy (non-hydrogen) atoms. The van der Waals surface area contributed by atoms with E-state index in [1.165, 1.54) is 67.8 Å². The van der Waals surface area contributed by atoms with Gasteiger partial charge in [0, 0.05) is 31.5 Å². The highest BCUT2D eigenvalue weighted by Crippen LogP contribution is 2.26. The Labute approximate surface area is 267 Å². The van der Waals surface area contributed by atoms with E-state index in [2.05, 4.69) is 102 Å². The van der Waals surface area contributed by atoms with Gasteiger partial charge in [0.15, 0.2) is 0 Å². The number of para-hydroxylation sites is 1. The molecule has 4 nitrogen and oxygen atoms in total. The van der Waals surface area contributed by atoms with E-state index >= 15 is 0 Å². The minimum absolute atomic E-state index is 0.0417. The van der Waals surface area contributed by atoms with Gasteiger partial charge < -0.3 is 14.4 Å². The van der Waals surface area contributed by atoms with Crippen LogP contribution in [0.1, 0.15) is 131 Å². The summed E-state index contributed by atoms with van der Waals surface area (Å²) in [7, 11) is 3.80. The molecule has 0 saturated heterocycles. The summed E-state index contributed by atoms with van der Waals surface area (Å²) in [4.78, 5) is 21.6. The number of unbranched alkanes of at least 4 members (excludes halogenated alkanes) is 3. The molecule has 0 radical (unpaired) electrons. The molecule has 0 N–H and O–H groups in total. The average Bonchev–Trinajstić information content (AvgIpc) is 2.99. The first kappa shape index (κ1) is 44.7. The predicted octanol–water partition coefficient (Wildman–Crippen LogP) is 11.3. The number of carbonyl (C=O) groups excluding carboxylic acids is 2. The average molecular weight is 598 g/mol. The summed E-state index contributed by atoms with van der Waals surface area (Å²) in [5, 5.41) is 0. The van der Waals surface area contributed by atoms with Crippen molar-refractivity contribution >= 4 is 23.5 Å². The van der Waals surface area contributed by atoms with Gasteiger partial charge in [-0.15, -0.1) is 0 Å². The molecule has 0 aliphatic carbocycles. The zero-order valence-corrected chi connectivity index (χ0v) is 30.3.